The minimum atomic E-state index is 0.110. The lowest BCUT2D eigenvalue weighted by molar-refractivity contribution is -0.131. The maximum absolute atomic E-state index is 12.5. The molecule has 0 aliphatic carbocycles. The first-order valence-electron chi connectivity index (χ1n) is 9.86. The van der Waals surface area contributed by atoms with Gasteiger partial charge in [-0.1, -0.05) is 67.9 Å². The van der Waals surface area contributed by atoms with Crippen LogP contribution in [0.15, 0.2) is 54.6 Å². The quantitative estimate of drug-likeness (QED) is 0.479. The smallest absolute Gasteiger partial charge is 0.223 e. The van der Waals surface area contributed by atoms with E-state index in [-0.39, 0.29) is 5.91 Å². The summed E-state index contributed by atoms with van der Waals surface area (Å²) in [6.07, 6.45) is 1.34. The highest BCUT2D eigenvalue weighted by Crippen LogP contribution is 2.36. The van der Waals surface area contributed by atoms with E-state index in [0.29, 0.717) is 36.2 Å². The second-order valence-electron chi connectivity index (χ2n) is 6.82. The Hall–Kier alpha value is -2.79. The van der Waals surface area contributed by atoms with Crippen molar-refractivity contribution in [1.82, 2.24) is 14.7 Å². The van der Waals surface area contributed by atoms with Crippen molar-refractivity contribution >= 4 is 17.5 Å². The van der Waals surface area contributed by atoms with Crippen LogP contribution in [-0.4, -0.2) is 27.1 Å². The second kappa shape index (κ2) is 9.61. The third kappa shape index (κ3) is 4.80. The maximum Gasteiger partial charge on any atom is 0.223 e. The number of aromatic nitrogens is 2. The van der Waals surface area contributed by atoms with Gasteiger partial charge >= 0.3 is 0 Å². The molecule has 0 fully saturated rings. The van der Waals surface area contributed by atoms with Crippen molar-refractivity contribution in [2.75, 3.05) is 6.54 Å². The highest BCUT2D eigenvalue weighted by atomic mass is 35.5. The summed E-state index contributed by atoms with van der Waals surface area (Å²) in [6.45, 7) is 5.06. The van der Waals surface area contributed by atoms with Crippen molar-refractivity contribution in [2.24, 2.45) is 7.05 Å². The molecule has 0 aliphatic rings. The number of ether oxygens (including phenoxy) is 1. The average Bonchev–Trinajstić information content (AvgIpc) is 3.04. The SMILES string of the molecule is CCCN(Cc1c(-c2ccccc2)nn(C)c1Oc1ccccc1Cl)C(=O)CC. The van der Waals surface area contributed by atoms with Gasteiger partial charge in [-0.15, -0.1) is 0 Å². The lowest BCUT2D eigenvalue weighted by Crippen LogP contribution is -2.30. The third-order valence-corrected chi connectivity index (χ3v) is 4.99. The topological polar surface area (TPSA) is 47.4 Å². The van der Waals surface area contributed by atoms with Crippen LogP contribution in [0.1, 0.15) is 32.3 Å². The number of halogens is 1. The van der Waals surface area contributed by atoms with Crippen LogP contribution in [0.4, 0.5) is 0 Å². The number of carbonyl (C=O) groups excluding carboxylic acids is 1. The van der Waals surface area contributed by atoms with Crippen molar-refractivity contribution in [3.05, 3.63) is 65.2 Å². The highest BCUT2D eigenvalue weighted by molar-refractivity contribution is 6.32. The Morgan fingerprint density at radius 2 is 1.79 bits per heavy atom. The number of nitrogens with zero attached hydrogens (tertiary/aromatic N) is 3. The number of benzene rings is 2. The lowest BCUT2D eigenvalue weighted by atomic mass is 10.1. The number of rotatable bonds is 8. The van der Waals surface area contributed by atoms with E-state index in [1.165, 1.54) is 0 Å². The molecular weight excluding hydrogens is 386 g/mol. The van der Waals surface area contributed by atoms with Crippen LogP contribution in [0.5, 0.6) is 11.6 Å². The number of carbonyl (C=O) groups is 1. The monoisotopic (exact) mass is 411 g/mol. The number of hydrogen-bond donors (Lipinski definition) is 0. The van der Waals surface area contributed by atoms with Crippen molar-refractivity contribution in [3.63, 3.8) is 0 Å². The summed E-state index contributed by atoms with van der Waals surface area (Å²) in [5.74, 6) is 1.25. The van der Waals surface area contributed by atoms with Gasteiger partial charge in [0.05, 0.1) is 17.1 Å². The molecule has 0 N–H and O–H groups in total. The summed E-state index contributed by atoms with van der Waals surface area (Å²) in [4.78, 5) is 14.4. The summed E-state index contributed by atoms with van der Waals surface area (Å²) < 4.78 is 7.91. The fourth-order valence-electron chi connectivity index (χ4n) is 3.26. The summed E-state index contributed by atoms with van der Waals surface area (Å²) in [5, 5.41) is 5.24. The molecule has 0 bridgehead atoms. The molecule has 0 unspecified atom stereocenters. The van der Waals surface area contributed by atoms with Crippen LogP contribution < -0.4 is 4.74 Å². The van der Waals surface area contributed by atoms with Gasteiger partial charge in [0.15, 0.2) is 0 Å². The van der Waals surface area contributed by atoms with Crippen LogP contribution in [0.3, 0.4) is 0 Å². The van der Waals surface area contributed by atoms with E-state index >= 15 is 0 Å². The first-order valence-corrected chi connectivity index (χ1v) is 10.2. The summed E-state index contributed by atoms with van der Waals surface area (Å²) >= 11 is 6.31. The van der Waals surface area contributed by atoms with Crippen molar-refractivity contribution in [3.8, 4) is 22.9 Å². The fourth-order valence-corrected chi connectivity index (χ4v) is 3.43. The van der Waals surface area contributed by atoms with E-state index in [1.807, 2.05) is 67.4 Å². The average molecular weight is 412 g/mol. The Bertz CT molecular complexity index is 970. The molecule has 1 aromatic heterocycles. The first kappa shape index (κ1) is 20.9. The molecule has 152 valence electrons. The molecule has 0 atom stereocenters. The molecule has 29 heavy (non-hydrogen) atoms. The Morgan fingerprint density at radius 1 is 1.10 bits per heavy atom. The third-order valence-electron chi connectivity index (χ3n) is 4.68. The Kier molecular flexibility index (Phi) is 6.94. The summed E-state index contributed by atoms with van der Waals surface area (Å²) in [5.41, 5.74) is 2.65. The van der Waals surface area contributed by atoms with Crippen LogP contribution in [0.25, 0.3) is 11.3 Å². The van der Waals surface area contributed by atoms with Gasteiger partial charge in [-0.25, -0.2) is 4.68 Å². The summed E-state index contributed by atoms with van der Waals surface area (Å²) in [6, 6.07) is 17.3. The molecule has 0 aliphatic heterocycles. The minimum Gasteiger partial charge on any atom is -0.437 e. The minimum absolute atomic E-state index is 0.110. The molecule has 6 heteroatoms. The van der Waals surface area contributed by atoms with Crippen molar-refractivity contribution in [2.45, 2.75) is 33.2 Å². The Labute approximate surface area is 176 Å². The predicted molar refractivity (Wildman–Crippen MR) is 116 cm³/mol. The highest BCUT2D eigenvalue weighted by Gasteiger charge is 2.24. The molecule has 3 aromatic rings. The number of para-hydroxylation sites is 1. The van der Waals surface area contributed by atoms with Gasteiger partial charge in [0, 0.05) is 25.6 Å². The van der Waals surface area contributed by atoms with Gasteiger partial charge in [-0.3, -0.25) is 4.79 Å². The van der Waals surface area contributed by atoms with Gasteiger partial charge < -0.3 is 9.64 Å². The van der Waals surface area contributed by atoms with Crippen LogP contribution >= 0.6 is 11.6 Å². The zero-order valence-corrected chi connectivity index (χ0v) is 17.8. The molecule has 0 spiro atoms. The first-order chi connectivity index (χ1) is 14.0. The van der Waals surface area contributed by atoms with E-state index in [1.54, 1.807) is 10.7 Å². The zero-order valence-electron chi connectivity index (χ0n) is 17.1. The number of aryl methyl sites for hydroxylation is 1. The van der Waals surface area contributed by atoms with Gasteiger partial charge in [0.25, 0.3) is 0 Å². The molecule has 1 heterocycles. The van der Waals surface area contributed by atoms with E-state index in [0.717, 1.165) is 23.2 Å². The second-order valence-corrected chi connectivity index (χ2v) is 7.23. The molecule has 0 saturated heterocycles. The molecule has 3 rings (SSSR count). The van der Waals surface area contributed by atoms with E-state index < -0.39 is 0 Å². The van der Waals surface area contributed by atoms with E-state index in [4.69, 9.17) is 21.4 Å². The Morgan fingerprint density at radius 3 is 2.45 bits per heavy atom. The zero-order chi connectivity index (χ0) is 20.8. The summed E-state index contributed by atoms with van der Waals surface area (Å²) in [7, 11) is 1.84. The fraction of sp³-hybridized carbons (Fsp3) is 0.304. The van der Waals surface area contributed by atoms with Gasteiger partial charge in [0.2, 0.25) is 11.8 Å². The molecule has 2 aromatic carbocycles. The number of hydrogen-bond acceptors (Lipinski definition) is 3. The normalized spacial score (nSPS) is 10.8. The van der Waals surface area contributed by atoms with E-state index in [9.17, 15) is 4.79 Å². The lowest BCUT2D eigenvalue weighted by Gasteiger charge is -2.22. The van der Waals surface area contributed by atoms with Crippen LogP contribution in [0, 0.1) is 0 Å². The predicted octanol–water partition coefficient (Wildman–Crippen LogP) is 5.68. The van der Waals surface area contributed by atoms with Crippen LogP contribution in [0.2, 0.25) is 5.02 Å². The molecule has 0 radical (unpaired) electrons. The van der Waals surface area contributed by atoms with Crippen LogP contribution in [-0.2, 0) is 18.4 Å². The Balaban J connectivity index is 2.08. The number of amides is 1. The molecular formula is C23H26ClN3O2. The standard InChI is InChI=1S/C23H26ClN3O2/c1-4-15-27(21(28)5-2)16-18-22(17-11-7-6-8-12-17)25-26(3)23(18)29-20-14-10-9-13-19(20)24/h6-14H,4-5,15-16H2,1-3H3. The largest absolute Gasteiger partial charge is 0.437 e. The molecule has 5 nitrogen and oxygen atoms in total. The van der Waals surface area contributed by atoms with Gasteiger partial charge in [0.1, 0.15) is 11.4 Å². The van der Waals surface area contributed by atoms with Gasteiger partial charge in [-0.2, -0.15) is 5.10 Å². The molecule has 0 saturated carbocycles. The molecule has 1 amide bonds. The maximum atomic E-state index is 12.5. The van der Waals surface area contributed by atoms with Crippen molar-refractivity contribution in [1.29, 1.82) is 0 Å². The van der Waals surface area contributed by atoms with E-state index in [2.05, 4.69) is 6.92 Å². The van der Waals surface area contributed by atoms with Gasteiger partial charge in [-0.05, 0) is 18.6 Å². The van der Waals surface area contributed by atoms with Crippen molar-refractivity contribution < 1.29 is 9.53 Å².